The molecule has 0 aliphatic carbocycles. The van der Waals surface area contributed by atoms with Crippen molar-refractivity contribution in [2.24, 2.45) is 0 Å². The quantitative estimate of drug-likeness (QED) is 0.636. The predicted molar refractivity (Wildman–Crippen MR) is 115 cm³/mol. The number of hydrazine groups is 1. The molecule has 7 nitrogen and oxygen atoms in total. The van der Waals surface area contributed by atoms with Gasteiger partial charge in [0, 0.05) is 29.2 Å². The summed E-state index contributed by atoms with van der Waals surface area (Å²) in [6.45, 7) is 4.18. The number of carbonyl (C=O) groups is 1. The van der Waals surface area contributed by atoms with E-state index in [0.29, 0.717) is 53.3 Å². The molecular weight excluding hydrogens is 427 g/mol. The first-order chi connectivity index (χ1) is 14.4. The van der Waals surface area contributed by atoms with Crippen molar-refractivity contribution in [3.05, 3.63) is 63.8 Å². The lowest BCUT2D eigenvalue weighted by molar-refractivity contribution is 0.0124. The minimum atomic E-state index is -0.307. The van der Waals surface area contributed by atoms with E-state index in [1.807, 2.05) is 11.9 Å². The number of carbonyl (C=O) groups excluding carboxylic acids is 1. The number of hydrogen-bond donors (Lipinski definition) is 2. The third-order valence-corrected chi connectivity index (χ3v) is 5.42. The van der Waals surface area contributed by atoms with Crippen LogP contribution in [0.25, 0.3) is 16.9 Å². The molecule has 0 unspecified atom stereocenters. The number of aromatic nitrogens is 2. The van der Waals surface area contributed by atoms with Gasteiger partial charge in [0.1, 0.15) is 5.75 Å². The van der Waals surface area contributed by atoms with E-state index in [0.717, 1.165) is 5.56 Å². The molecule has 4 rings (SSSR count). The van der Waals surface area contributed by atoms with Crippen molar-refractivity contribution < 1.29 is 14.6 Å². The number of hydrogen-bond acceptors (Lipinski definition) is 5. The van der Waals surface area contributed by atoms with Crippen molar-refractivity contribution in [1.82, 2.24) is 20.2 Å². The largest absolute Gasteiger partial charge is 0.508 e. The topological polar surface area (TPSA) is 79.6 Å². The average Bonchev–Trinajstić information content (AvgIpc) is 3.06. The highest BCUT2D eigenvalue weighted by Crippen LogP contribution is 2.33. The molecule has 1 aliphatic rings. The molecule has 0 atom stereocenters. The first kappa shape index (κ1) is 20.7. The summed E-state index contributed by atoms with van der Waals surface area (Å²) in [5, 5.41) is 17.0. The Bertz CT molecular complexity index is 1080. The van der Waals surface area contributed by atoms with Crippen LogP contribution in [0, 0.1) is 6.92 Å². The Hall–Kier alpha value is -2.58. The van der Waals surface area contributed by atoms with Gasteiger partial charge in [0.25, 0.3) is 5.91 Å². The van der Waals surface area contributed by atoms with Gasteiger partial charge < -0.3 is 9.84 Å². The molecule has 1 aliphatic heterocycles. The predicted octanol–water partition coefficient (Wildman–Crippen LogP) is 3.84. The number of phenolic OH excluding ortho intramolecular Hbond substituents is 1. The zero-order chi connectivity index (χ0) is 21.3. The first-order valence-electron chi connectivity index (χ1n) is 9.42. The van der Waals surface area contributed by atoms with E-state index in [9.17, 15) is 9.90 Å². The number of phenols is 1. The van der Waals surface area contributed by atoms with Gasteiger partial charge in [-0.1, -0.05) is 23.2 Å². The average molecular weight is 447 g/mol. The summed E-state index contributed by atoms with van der Waals surface area (Å²) in [4.78, 5) is 13.0. The van der Waals surface area contributed by atoms with Gasteiger partial charge in [0.2, 0.25) is 0 Å². The zero-order valence-corrected chi connectivity index (χ0v) is 17.7. The Balaban J connectivity index is 1.80. The standard InChI is InChI=1S/C21H20Cl2N4O3/c1-13-19(21(29)25-26-8-10-30-11-9-26)24-27(18-7-4-15(22)12-17(18)23)20(13)14-2-5-16(28)6-3-14/h2-7,12,28H,8-11H2,1H3,(H,25,29). The SMILES string of the molecule is Cc1c(C(=O)NN2CCOCC2)nn(-c2ccc(Cl)cc2Cl)c1-c1ccc(O)cc1. The number of nitrogens with one attached hydrogen (secondary N) is 1. The highest BCUT2D eigenvalue weighted by molar-refractivity contribution is 6.35. The Kier molecular flexibility index (Phi) is 5.97. The number of morpholine rings is 1. The van der Waals surface area contributed by atoms with Crippen LogP contribution in [0.15, 0.2) is 42.5 Å². The molecular formula is C21H20Cl2N4O3. The van der Waals surface area contributed by atoms with Crippen molar-refractivity contribution in [1.29, 1.82) is 0 Å². The van der Waals surface area contributed by atoms with Crippen molar-refractivity contribution in [2.75, 3.05) is 26.3 Å². The van der Waals surface area contributed by atoms with E-state index < -0.39 is 0 Å². The van der Waals surface area contributed by atoms with E-state index in [4.69, 9.17) is 27.9 Å². The monoisotopic (exact) mass is 446 g/mol. The van der Waals surface area contributed by atoms with Crippen molar-refractivity contribution in [2.45, 2.75) is 6.92 Å². The van der Waals surface area contributed by atoms with Crippen LogP contribution in [-0.2, 0) is 4.74 Å². The Morgan fingerprint density at radius 2 is 1.83 bits per heavy atom. The number of aromatic hydroxyl groups is 1. The number of rotatable bonds is 4. The summed E-state index contributed by atoms with van der Waals surface area (Å²) < 4.78 is 6.96. The van der Waals surface area contributed by atoms with E-state index >= 15 is 0 Å². The second-order valence-corrected chi connectivity index (χ2v) is 7.76. The maximum absolute atomic E-state index is 13.0. The highest BCUT2D eigenvalue weighted by Gasteiger charge is 2.25. The summed E-state index contributed by atoms with van der Waals surface area (Å²) in [5.74, 6) is -0.157. The number of benzene rings is 2. The molecule has 30 heavy (non-hydrogen) atoms. The molecule has 0 bridgehead atoms. The fraction of sp³-hybridized carbons (Fsp3) is 0.238. The maximum Gasteiger partial charge on any atom is 0.286 e. The van der Waals surface area contributed by atoms with Gasteiger partial charge in [0.05, 0.1) is 29.6 Å². The van der Waals surface area contributed by atoms with Crippen LogP contribution in [0.5, 0.6) is 5.75 Å². The normalized spacial score (nSPS) is 14.6. The summed E-state index contributed by atoms with van der Waals surface area (Å²) in [6.07, 6.45) is 0. The molecule has 1 aromatic heterocycles. The van der Waals surface area contributed by atoms with Gasteiger partial charge >= 0.3 is 0 Å². The van der Waals surface area contributed by atoms with Gasteiger partial charge in [-0.2, -0.15) is 5.10 Å². The van der Waals surface area contributed by atoms with Crippen LogP contribution in [-0.4, -0.2) is 52.1 Å². The van der Waals surface area contributed by atoms with Crippen LogP contribution in [0.2, 0.25) is 10.0 Å². The fourth-order valence-electron chi connectivity index (χ4n) is 3.37. The Labute approximate surface area is 183 Å². The number of nitrogens with zero attached hydrogens (tertiary/aromatic N) is 3. The lowest BCUT2D eigenvalue weighted by Crippen LogP contribution is -2.48. The maximum atomic E-state index is 13.0. The zero-order valence-electron chi connectivity index (χ0n) is 16.2. The van der Waals surface area contributed by atoms with Crippen molar-refractivity contribution in [3.63, 3.8) is 0 Å². The first-order valence-corrected chi connectivity index (χ1v) is 10.2. The van der Waals surface area contributed by atoms with Crippen LogP contribution in [0.4, 0.5) is 0 Å². The molecule has 1 fully saturated rings. The molecule has 0 radical (unpaired) electrons. The molecule has 9 heteroatoms. The molecule has 2 N–H and O–H groups in total. The molecule has 2 aromatic carbocycles. The second-order valence-electron chi connectivity index (χ2n) is 6.92. The lowest BCUT2D eigenvalue weighted by Gasteiger charge is -2.26. The van der Waals surface area contributed by atoms with E-state index in [2.05, 4.69) is 10.5 Å². The van der Waals surface area contributed by atoms with Gasteiger partial charge in [-0.25, -0.2) is 9.69 Å². The molecule has 156 valence electrons. The lowest BCUT2D eigenvalue weighted by atomic mass is 10.1. The summed E-state index contributed by atoms with van der Waals surface area (Å²) in [6, 6.07) is 11.8. The number of ether oxygens (including phenoxy) is 1. The summed E-state index contributed by atoms with van der Waals surface area (Å²) in [7, 11) is 0. The number of halogens is 2. The van der Waals surface area contributed by atoms with E-state index in [-0.39, 0.29) is 17.4 Å². The molecule has 0 spiro atoms. The van der Waals surface area contributed by atoms with Crippen LogP contribution in [0.3, 0.4) is 0 Å². The molecule has 3 aromatic rings. The summed E-state index contributed by atoms with van der Waals surface area (Å²) >= 11 is 12.5. The van der Waals surface area contributed by atoms with Crippen LogP contribution in [0.1, 0.15) is 16.1 Å². The molecule has 1 amide bonds. The Morgan fingerprint density at radius 3 is 2.50 bits per heavy atom. The highest BCUT2D eigenvalue weighted by atomic mass is 35.5. The van der Waals surface area contributed by atoms with Gasteiger partial charge in [-0.3, -0.25) is 10.2 Å². The summed E-state index contributed by atoms with van der Waals surface area (Å²) in [5.41, 5.74) is 5.96. The fourth-order valence-corrected chi connectivity index (χ4v) is 3.86. The van der Waals surface area contributed by atoms with E-state index in [1.54, 1.807) is 47.1 Å². The smallest absolute Gasteiger partial charge is 0.286 e. The van der Waals surface area contributed by atoms with Crippen molar-refractivity contribution in [3.8, 4) is 22.7 Å². The van der Waals surface area contributed by atoms with Crippen LogP contribution >= 0.6 is 23.2 Å². The molecule has 1 saturated heterocycles. The Morgan fingerprint density at radius 1 is 1.13 bits per heavy atom. The molecule has 0 saturated carbocycles. The second kappa shape index (κ2) is 8.65. The minimum Gasteiger partial charge on any atom is -0.508 e. The van der Waals surface area contributed by atoms with E-state index in [1.165, 1.54) is 0 Å². The third-order valence-electron chi connectivity index (χ3n) is 4.89. The minimum absolute atomic E-state index is 0.150. The van der Waals surface area contributed by atoms with Gasteiger partial charge in [-0.05, 0) is 49.4 Å². The van der Waals surface area contributed by atoms with Crippen molar-refractivity contribution >= 4 is 29.1 Å². The third kappa shape index (κ3) is 4.15. The number of amides is 1. The van der Waals surface area contributed by atoms with Gasteiger partial charge in [0.15, 0.2) is 5.69 Å². The van der Waals surface area contributed by atoms with Gasteiger partial charge in [-0.15, -0.1) is 0 Å². The molecule has 2 heterocycles. The van der Waals surface area contributed by atoms with Crippen LogP contribution < -0.4 is 5.43 Å².